The van der Waals surface area contributed by atoms with Crippen LogP contribution in [0.1, 0.15) is 48.5 Å². The van der Waals surface area contributed by atoms with Gasteiger partial charge in [0.25, 0.3) is 0 Å². The number of aromatic carboxylic acids is 1. The van der Waals surface area contributed by atoms with E-state index in [0.717, 1.165) is 25.7 Å². The van der Waals surface area contributed by atoms with Crippen LogP contribution in [0.2, 0.25) is 0 Å². The van der Waals surface area contributed by atoms with E-state index >= 15 is 0 Å². The van der Waals surface area contributed by atoms with Gasteiger partial charge in [-0.15, -0.1) is 0 Å². The number of hydrogen-bond donors (Lipinski definition) is 1. The Labute approximate surface area is 125 Å². The van der Waals surface area contributed by atoms with Crippen LogP contribution in [0.15, 0.2) is 23.1 Å². The van der Waals surface area contributed by atoms with Crippen LogP contribution in [0.3, 0.4) is 0 Å². The van der Waals surface area contributed by atoms with E-state index in [1.165, 1.54) is 22.5 Å². The number of sulfonamides is 1. The molecule has 0 aliphatic carbocycles. The Morgan fingerprint density at radius 2 is 2.00 bits per heavy atom. The molecule has 1 unspecified atom stereocenters. The molecule has 0 spiro atoms. The van der Waals surface area contributed by atoms with Crippen molar-refractivity contribution >= 4 is 16.0 Å². The lowest BCUT2D eigenvalue weighted by Gasteiger charge is -2.27. The minimum atomic E-state index is -3.65. The summed E-state index contributed by atoms with van der Waals surface area (Å²) in [6, 6.07) is 4.37. The van der Waals surface area contributed by atoms with Crippen LogP contribution in [-0.2, 0) is 10.0 Å². The Bertz CT molecular complexity index is 639. The van der Waals surface area contributed by atoms with Gasteiger partial charge in [0.05, 0.1) is 10.5 Å². The summed E-state index contributed by atoms with van der Waals surface area (Å²) in [5, 5.41) is 9.15. The van der Waals surface area contributed by atoms with E-state index in [9.17, 15) is 13.2 Å². The van der Waals surface area contributed by atoms with E-state index in [0.29, 0.717) is 12.1 Å². The smallest absolute Gasteiger partial charge is 0.335 e. The lowest BCUT2D eigenvalue weighted by Crippen LogP contribution is -2.38. The highest BCUT2D eigenvalue weighted by molar-refractivity contribution is 7.89. The van der Waals surface area contributed by atoms with Gasteiger partial charge in [-0.2, -0.15) is 4.31 Å². The predicted octanol–water partition coefficient (Wildman–Crippen LogP) is 2.65. The maximum Gasteiger partial charge on any atom is 0.335 e. The number of carboxylic acids is 1. The number of carbonyl (C=O) groups is 1. The van der Waals surface area contributed by atoms with Gasteiger partial charge in [-0.05, 0) is 44.4 Å². The van der Waals surface area contributed by atoms with Gasteiger partial charge in [0.15, 0.2) is 0 Å². The lowest BCUT2D eigenvalue weighted by atomic mass is 10.1. The quantitative estimate of drug-likeness (QED) is 0.931. The van der Waals surface area contributed by atoms with Crippen LogP contribution >= 0.6 is 0 Å². The van der Waals surface area contributed by atoms with Crippen molar-refractivity contribution in [1.82, 2.24) is 4.31 Å². The van der Waals surface area contributed by atoms with Crippen molar-refractivity contribution in [3.05, 3.63) is 29.3 Å². The molecule has 1 N–H and O–H groups in total. The van der Waals surface area contributed by atoms with Crippen LogP contribution in [0, 0.1) is 6.92 Å². The fourth-order valence-corrected chi connectivity index (χ4v) is 4.81. The molecule has 1 aliphatic rings. The van der Waals surface area contributed by atoms with Crippen molar-refractivity contribution in [2.24, 2.45) is 0 Å². The summed E-state index contributed by atoms with van der Waals surface area (Å²) in [6.45, 7) is 3.97. The van der Waals surface area contributed by atoms with Crippen LogP contribution in [0.25, 0.3) is 0 Å². The summed E-state index contributed by atoms with van der Waals surface area (Å²) in [4.78, 5) is 11.3. The van der Waals surface area contributed by atoms with Crippen molar-refractivity contribution < 1.29 is 18.3 Å². The van der Waals surface area contributed by atoms with Gasteiger partial charge >= 0.3 is 5.97 Å². The second-order valence-electron chi connectivity index (χ2n) is 5.55. The van der Waals surface area contributed by atoms with E-state index in [-0.39, 0.29) is 16.5 Å². The molecule has 1 heterocycles. The second kappa shape index (κ2) is 6.15. The Hall–Kier alpha value is -1.40. The lowest BCUT2D eigenvalue weighted by molar-refractivity contribution is 0.0696. The zero-order valence-electron chi connectivity index (χ0n) is 12.4. The van der Waals surface area contributed by atoms with Crippen molar-refractivity contribution in [2.45, 2.75) is 50.5 Å². The second-order valence-corrected chi connectivity index (χ2v) is 7.41. The molecule has 0 bridgehead atoms. The topological polar surface area (TPSA) is 74.7 Å². The van der Waals surface area contributed by atoms with Gasteiger partial charge in [-0.3, -0.25) is 0 Å². The van der Waals surface area contributed by atoms with E-state index < -0.39 is 16.0 Å². The van der Waals surface area contributed by atoms with Crippen LogP contribution < -0.4 is 0 Å². The molecular formula is C15H21NO4S. The third-order valence-electron chi connectivity index (χ3n) is 4.09. The van der Waals surface area contributed by atoms with Gasteiger partial charge in [-0.25, -0.2) is 13.2 Å². The molecule has 0 saturated carbocycles. The predicted molar refractivity (Wildman–Crippen MR) is 80.0 cm³/mol. The number of rotatable bonds is 3. The Morgan fingerprint density at radius 3 is 2.67 bits per heavy atom. The van der Waals surface area contributed by atoms with Crippen LogP contribution in [0.5, 0.6) is 0 Å². The molecule has 5 nitrogen and oxygen atoms in total. The third-order valence-corrected chi connectivity index (χ3v) is 6.25. The first-order valence-corrected chi connectivity index (χ1v) is 8.64. The molecule has 1 aromatic rings. The van der Waals surface area contributed by atoms with E-state index in [4.69, 9.17) is 5.11 Å². The minimum absolute atomic E-state index is 0.0403. The maximum atomic E-state index is 12.9. The molecule has 1 fully saturated rings. The molecule has 0 radical (unpaired) electrons. The molecule has 1 aromatic carbocycles. The summed E-state index contributed by atoms with van der Waals surface area (Å²) in [6.07, 6.45) is 3.75. The first-order valence-electron chi connectivity index (χ1n) is 7.20. The number of nitrogens with zero attached hydrogens (tertiary/aromatic N) is 1. The maximum absolute atomic E-state index is 12.9. The van der Waals surface area contributed by atoms with Crippen molar-refractivity contribution in [2.75, 3.05) is 6.54 Å². The Balaban J connectivity index is 2.48. The summed E-state index contributed by atoms with van der Waals surface area (Å²) in [5.41, 5.74) is 0.347. The van der Waals surface area contributed by atoms with Gasteiger partial charge in [0.1, 0.15) is 0 Å². The van der Waals surface area contributed by atoms with Crippen molar-refractivity contribution in [3.8, 4) is 0 Å². The van der Waals surface area contributed by atoms with Gasteiger partial charge < -0.3 is 5.11 Å². The molecule has 2 rings (SSSR count). The highest BCUT2D eigenvalue weighted by atomic mass is 32.2. The van der Waals surface area contributed by atoms with Gasteiger partial charge in [-0.1, -0.05) is 18.9 Å². The van der Waals surface area contributed by atoms with Gasteiger partial charge in [0.2, 0.25) is 10.0 Å². The first-order chi connectivity index (χ1) is 9.85. The molecule has 0 aromatic heterocycles. The number of carboxylic acid groups (broad SMARTS) is 1. The Morgan fingerprint density at radius 1 is 1.29 bits per heavy atom. The summed E-state index contributed by atoms with van der Waals surface area (Å²) in [7, 11) is -3.65. The third kappa shape index (κ3) is 3.11. The number of hydrogen-bond acceptors (Lipinski definition) is 3. The van der Waals surface area contributed by atoms with E-state index in [1.54, 1.807) is 6.92 Å². The van der Waals surface area contributed by atoms with Crippen LogP contribution in [0.4, 0.5) is 0 Å². The molecule has 116 valence electrons. The molecule has 0 amide bonds. The number of benzene rings is 1. The van der Waals surface area contributed by atoms with E-state index in [1.807, 2.05) is 6.92 Å². The monoisotopic (exact) mass is 311 g/mol. The van der Waals surface area contributed by atoms with Crippen LogP contribution in [-0.4, -0.2) is 36.4 Å². The normalized spacial score (nSPS) is 21.0. The fourth-order valence-electron chi connectivity index (χ4n) is 2.86. The van der Waals surface area contributed by atoms with Crippen molar-refractivity contribution in [1.29, 1.82) is 0 Å². The highest BCUT2D eigenvalue weighted by Gasteiger charge is 2.31. The molecular weight excluding hydrogens is 290 g/mol. The van der Waals surface area contributed by atoms with Gasteiger partial charge in [0, 0.05) is 12.6 Å². The highest BCUT2D eigenvalue weighted by Crippen LogP contribution is 2.27. The van der Waals surface area contributed by atoms with E-state index in [2.05, 4.69) is 0 Å². The zero-order chi connectivity index (χ0) is 15.6. The molecule has 1 aliphatic heterocycles. The SMILES string of the molecule is Cc1c(C(=O)O)cccc1S(=O)(=O)N1CCCCCC1C. The molecule has 1 atom stereocenters. The largest absolute Gasteiger partial charge is 0.478 e. The first kappa shape index (κ1) is 16.0. The molecule has 6 heteroatoms. The zero-order valence-corrected chi connectivity index (χ0v) is 13.2. The summed E-state index contributed by atoms with van der Waals surface area (Å²) >= 11 is 0. The summed E-state index contributed by atoms with van der Waals surface area (Å²) < 4.78 is 27.3. The molecule has 1 saturated heterocycles. The fraction of sp³-hybridized carbons (Fsp3) is 0.533. The Kier molecular flexibility index (Phi) is 4.68. The van der Waals surface area contributed by atoms with Crippen molar-refractivity contribution in [3.63, 3.8) is 0 Å². The average molecular weight is 311 g/mol. The standard InChI is InChI=1S/C15H21NO4S/c1-11-7-4-3-5-10-16(11)21(19,20)14-9-6-8-13(12(14)2)15(17)18/h6,8-9,11H,3-5,7,10H2,1-2H3,(H,17,18). The molecule has 21 heavy (non-hydrogen) atoms. The summed E-state index contributed by atoms with van der Waals surface area (Å²) in [5.74, 6) is -1.10. The minimum Gasteiger partial charge on any atom is -0.478 e. The average Bonchev–Trinajstić information content (AvgIpc) is 2.63.